The Balaban J connectivity index is 2.16. The van der Waals surface area contributed by atoms with E-state index in [1.54, 1.807) is 23.9 Å². The highest BCUT2D eigenvalue weighted by Crippen LogP contribution is 2.46. The average Bonchev–Trinajstić information content (AvgIpc) is 2.29. The van der Waals surface area contributed by atoms with Gasteiger partial charge >= 0.3 is 0 Å². The molecule has 3 nitrogen and oxygen atoms in total. The predicted octanol–water partition coefficient (Wildman–Crippen LogP) is 2.89. The zero-order valence-corrected chi connectivity index (χ0v) is 11.9. The molecule has 0 saturated heterocycles. The van der Waals surface area contributed by atoms with Gasteiger partial charge in [0, 0.05) is 15.5 Å². The second kappa shape index (κ2) is 5.41. The molecule has 1 aliphatic rings. The fraction of sp³-hybridized carbons (Fsp3) is 0.462. The van der Waals surface area contributed by atoms with Crippen LogP contribution in [0.25, 0.3) is 0 Å². The van der Waals surface area contributed by atoms with Crippen molar-refractivity contribution in [3.63, 3.8) is 0 Å². The first-order chi connectivity index (χ1) is 8.57. The van der Waals surface area contributed by atoms with Crippen LogP contribution in [0.1, 0.15) is 19.3 Å². The number of carbonyl (C=O) groups excluding carboxylic acids is 1. The number of amides is 1. The number of nitrogens with two attached hydrogens (primary N) is 1. The number of hydrogen-bond acceptors (Lipinski definition) is 3. The summed E-state index contributed by atoms with van der Waals surface area (Å²) in [4.78, 5) is 11.7. The summed E-state index contributed by atoms with van der Waals surface area (Å²) >= 11 is 7.57. The minimum atomic E-state index is -0.331. The summed E-state index contributed by atoms with van der Waals surface area (Å²) in [6, 6.07) is 7.00. The number of rotatable bonds is 5. The number of carbonyl (C=O) groups is 1. The molecule has 5 heteroatoms. The Morgan fingerprint density at radius 2 is 2.06 bits per heavy atom. The van der Waals surface area contributed by atoms with E-state index in [0.717, 1.165) is 24.9 Å². The second-order valence-corrected chi connectivity index (χ2v) is 6.27. The van der Waals surface area contributed by atoms with Crippen LogP contribution in [0.2, 0.25) is 5.02 Å². The third-order valence-electron chi connectivity index (χ3n) is 3.57. The maximum atomic E-state index is 11.7. The van der Waals surface area contributed by atoms with Gasteiger partial charge in [-0.3, -0.25) is 4.79 Å². The number of thioether (sulfide) groups is 1. The molecule has 98 valence electrons. The topological polar surface area (TPSA) is 55.1 Å². The first-order valence-corrected chi connectivity index (χ1v) is 7.54. The number of primary amides is 1. The average molecular weight is 285 g/mol. The fourth-order valence-corrected chi connectivity index (χ4v) is 3.54. The van der Waals surface area contributed by atoms with Gasteiger partial charge in [-0.2, -0.15) is 11.8 Å². The molecule has 1 aromatic rings. The van der Waals surface area contributed by atoms with Gasteiger partial charge in [0.2, 0.25) is 5.91 Å². The van der Waals surface area contributed by atoms with Gasteiger partial charge in [-0.1, -0.05) is 18.0 Å². The van der Waals surface area contributed by atoms with E-state index in [9.17, 15) is 4.79 Å². The Bertz CT molecular complexity index is 426. The second-order valence-electron chi connectivity index (χ2n) is 4.61. The van der Waals surface area contributed by atoms with Gasteiger partial charge in [0.15, 0.2) is 0 Å². The lowest BCUT2D eigenvalue weighted by atomic mass is 9.78. The molecule has 1 unspecified atom stereocenters. The summed E-state index contributed by atoms with van der Waals surface area (Å²) in [7, 11) is 0. The van der Waals surface area contributed by atoms with Crippen molar-refractivity contribution in [3.05, 3.63) is 29.3 Å². The lowest BCUT2D eigenvalue weighted by Crippen LogP contribution is -2.55. The van der Waals surface area contributed by atoms with Crippen molar-refractivity contribution in [2.75, 3.05) is 11.6 Å². The van der Waals surface area contributed by atoms with E-state index >= 15 is 0 Å². The van der Waals surface area contributed by atoms with Crippen molar-refractivity contribution in [1.29, 1.82) is 0 Å². The van der Waals surface area contributed by atoms with Gasteiger partial charge in [0.1, 0.15) is 6.04 Å². The van der Waals surface area contributed by atoms with Crippen LogP contribution in [-0.2, 0) is 4.79 Å². The summed E-state index contributed by atoms with van der Waals surface area (Å²) in [5.41, 5.74) is 6.42. The summed E-state index contributed by atoms with van der Waals surface area (Å²) in [6.45, 7) is 0. The third-order valence-corrected chi connectivity index (χ3v) is 5.28. The Morgan fingerprint density at radius 3 is 2.44 bits per heavy atom. The predicted molar refractivity (Wildman–Crippen MR) is 78.2 cm³/mol. The number of hydrogen-bond donors (Lipinski definition) is 2. The van der Waals surface area contributed by atoms with E-state index in [-0.39, 0.29) is 16.7 Å². The molecule has 1 aliphatic carbocycles. The highest BCUT2D eigenvalue weighted by molar-refractivity contribution is 8.00. The number of nitrogens with one attached hydrogen (secondary N) is 1. The number of halogens is 1. The molecule has 0 aromatic heterocycles. The smallest absolute Gasteiger partial charge is 0.241 e. The molecule has 0 radical (unpaired) electrons. The van der Waals surface area contributed by atoms with Crippen LogP contribution in [0.5, 0.6) is 0 Å². The summed E-state index contributed by atoms with van der Waals surface area (Å²) in [5, 5.41) is 3.93. The van der Waals surface area contributed by atoms with Gasteiger partial charge in [-0.05, 0) is 43.4 Å². The van der Waals surface area contributed by atoms with E-state index in [0.29, 0.717) is 5.02 Å². The van der Waals surface area contributed by atoms with E-state index in [2.05, 4.69) is 5.32 Å². The lowest BCUT2D eigenvalue weighted by molar-refractivity contribution is -0.119. The van der Waals surface area contributed by atoms with Crippen LogP contribution in [-0.4, -0.2) is 23.0 Å². The lowest BCUT2D eigenvalue weighted by Gasteiger charge is -2.45. The van der Waals surface area contributed by atoms with Crippen LogP contribution in [0.3, 0.4) is 0 Å². The van der Waals surface area contributed by atoms with Crippen LogP contribution in [0, 0.1) is 0 Å². The molecule has 0 heterocycles. The Kier molecular flexibility index (Phi) is 4.07. The molecule has 1 saturated carbocycles. The highest BCUT2D eigenvalue weighted by atomic mass is 35.5. The Morgan fingerprint density at radius 1 is 1.44 bits per heavy atom. The van der Waals surface area contributed by atoms with Crippen LogP contribution >= 0.6 is 23.4 Å². The SMILES string of the molecule is CSC1(C(Nc2ccc(Cl)cc2)C(N)=O)CCC1. The molecule has 1 aromatic carbocycles. The molecule has 1 atom stereocenters. The summed E-state index contributed by atoms with van der Waals surface area (Å²) in [6.07, 6.45) is 5.26. The minimum Gasteiger partial charge on any atom is -0.373 e. The Hall–Kier alpha value is -0.870. The monoisotopic (exact) mass is 284 g/mol. The van der Waals surface area contributed by atoms with E-state index in [1.165, 1.54) is 0 Å². The van der Waals surface area contributed by atoms with Crippen LogP contribution < -0.4 is 11.1 Å². The molecule has 3 N–H and O–H groups in total. The zero-order chi connectivity index (χ0) is 13.2. The van der Waals surface area contributed by atoms with Crippen molar-refractivity contribution in [1.82, 2.24) is 0 Å². The molecule has 1 amide bonds. The van der Waals surface area contributed by atoms with Crippen molar-refractivity contribution < 1.29 is 4.79 Å². The van der Waals surface area contributed by atoms with Gasteiger partial charge in [0.25, 0.3) is 0 Å². The van der Waals surface area contributed by atoms with Gasteiger partial charge in [-0.15, -0.1) is 0 Å². The van der Waals surface area contributed by atoms with E-state index < -0.39 is 0 Å². The van der Waals surface area contributed by atoms with Crippen molar-refractivity contribution >= 4 is 35.0 Å². The standard InChI is InChI=1S/C13H17ClN2OS/c1-18-13(7-2-8-13)11(12(15)17)16-10-5-3-9(14)4-6-10/h3-6,11,16H,2,7-8H2,1H3,(H2,15,17). The molecule has 18 heavy (non-hydrogen) atoms. The first kappa shape index (κ1) is 13.6. The molecule has 0 bridgehead atoms. The first-order valence-electron chi connectivity index (χ1n) is 5.94. The van der Waals surface area contributed by atoms with Gasteiger partial charge in [-0.25, -0.2) is 0 Å². The van der Waals surface area contributed by atoms with Crippen molar-refractivity contribution in [2.45, 2.75) is 30.1 Å². The zero-order valence-electron chi connectivity index (χ0n) is 10.3. The van der Waals surface area contributed by atoms with E-state index in [1.807, 2.05) is 18.4 Å². The van der Waals surface area contributed by atoms with Crippen molar-refractivity contribution in [3.8, 4) is 0 Å². The minimum absolute atomic E-state index is 0.0501. The molecule has 1 fully saturated rings. The summed E-state index contributed by atoms with van der Waals surface area (Å²) < 4.78 is -0.0501. The highest BCUT2D eigenvalue weighted by Gasteiger charge is 2.46. The number of anilines is 1. The van der Waals surface area contributed by atoms with Gasteiger partial charge < -0.3 is 11.1 Å². The maximum absolute atomic E-state index is 11.7. The normalized spacial score (nSPS) is 18.8. The van der Waals surface area contributed by atoms with Crippen molar-refractivity contribution in [2.24, 2.45) is 5.73 Å². The molecule has 0 spiro atoms. The van der Waals surface area contributed by atoms with Gasteiger partial charge in [0.05, 0.1) is 0 Å². The van der Waals surface area contributed by atoms with Crippen LogP contribution in [0.15, 0.2) is 24.3 Å². The quantitative estimate of drug-likeness (QED) is 0.874. The number of benzene rings is 1. The fourth-order valence-electron chi connectivity index (χ4n) is 2.31. The Labute approximate surface area is 116 Å². The van der Waals surface area contributed by atoms with Crippen LogP contribution in [0.4, 0.5) is 5.69 Å². The molecule has 0 aliphatic heterocycles. The molecular formula is C13H17ClN2OS. The summed E-state index contributed by atoms with van der Waals surface area (Å²) in [5.74, 6) is -0.293. The molecule has 2 rings (SSSR count). The third kappa shape index (κ3) is 2.59. The largest absolute Gasteiger partial charge is 0.373 e. The van der Waals surface area contributed by atoms with E-state index in [4.69, 9.17) is 17.3 Å². The molecular weight excluding hydrogens is 268 g/mol. The maximum Gasteiger partial charge on any atom is 0.241 e.